The van der Waals surface area contributed by atoms with Crippen molar-refractivity contribution in [2.45, 2.75) is 25.8 Å². The molecule has 0 amide bonds. The van der Waals surface area contributed by atoms with Gasteiger partial charge in [0.15, 0.2) is 0 Å². The van der Waals surface area contributed by atoms with Crippen LogP contribution in [0.1, 0.15) is 29.1 Å². The third kappa shape index (κ3) is 2.89. The van der Waals surface area contributed by atoms with Gasteiger partial charge in [0.1, 0.15) is 5.75 Å². The van der Waals surface area contributed by atoms with E-state index in [2.05, 4.69) is 24.0 Å². The highest BCUT2D eigenvalue weighted by molar-refractivity contribution is 7.10. The Labute approximate surface area is 112 Å². The lowest BCUT2D eigenvalue weighted by atomic mass is 10.1. The monoisotopic (exact) mass is 262 g/mol. The van der Waals surface area contributed by atoms with Gasteiger partial charge in [-0.3, -0.25) is 4.98 Å². The number of thiophene rings is 1. The highest BCUT2D eigenvalue weighted by Crippen LogP contribution is 2.30. The molecule has 96 valence electrons. The summed E-state index contributed by atoms with van der Waals surface area (Å²) in [7, 11) is 1.67. The van der Waals surface area contributed by atoms with Crippen LogP contribution in [0.25, 0.3) is 0 Å². The molecule has 0 saturated carbocycles. The number of hydrogen-bond acceptors (Lipinski definition) is 4. The summed E-state index contributed by atoms with van der Waals surface area (Å²) in [5.41, 5.74) is 8.48. The summed E-state index contributed by atoms with van der Waals surface area (Å²) >= 11 is 1.63. The molecular weight excluding hydrogens is 244 g/mol. The van der Waals surface area contributed by atoms with Crippen LogP contribution in [-0.4, -0.2) is 12.1 Å². The average Bonchev–Trinajstić information content (AvgIpc) is 2.88. The Morgan fingerprint density at radius 3 is 2.83 bits per heavy atom. The number of aryl methyl sites for hydroxylation is 1. The molecule has 0 aliphatic carbocycles. The molecule has 0 fully saturated rings. The van der Waals surface area contributed by atoms with E-state index < -0.39 is 0 Å². The van der Waals surface area contributed by atoms with Crippen molar-refractivity contribution in [1.82, 2.24) is 4.98 Å². The first kappa shape index (κ1) is 13.1. The molecule has 2 heterocycles. The van der Waals surface area contributed by atoms with E-state index in [1.54, 1.807) is 18.4 Å². The van der Waals surface area contributed by atoms with Gasteiger partial charge < -0.3 is 10.5 Å². The molecule has 1 atom stereocenters. The zero-order valence-corrected chi connectivity index (χ0v) is 11.5. The fourth-order valence-corrected chi connectivity index (χ4v) is 2.72. The lowest BCUT2D eigenvalue weighted by Crippen LogP contribution is -2.13. The second kappa shape index (κ2) is 5.98. The first-order valence-electron chi connectivity index (χ1n) is 6.05. The molecule has 0 bridgehead atoms. The number of pyridine rings is 1. The molecule has 0 spiro atoms. The Bertz CT molecular complexity index is 493. The van der Waals surface area contributed by atoms with Gasteiger partial charge in [0.25, 0.3) is 0 Å². The van der Waals surface area contributed by atoms with Crippen LogP contribution < -0.4 is 10.5 Å². The third-order valence-corrected chi connectivity index (χ3v) is 3.97. The van der Waals surface area contributed by atoms with Crippen LogP contribution in [-0.2, 0) is 12.8 Å². The van der Waals surface area contributed by atoms with Crippen LogP contribution >= 0.6 is 11.3 Å². The lowest BCUT2D eigenvalue weighted by Gasteiger charge is -2.11. The molecule has 0 aliphatic heterocycles. The summed E-state index contributed by atoms with van der Waals surface area (Å²) in [4.78, 5) is 5.52. The van der Waals surface area contributed by atoms with Gasteiger partial charge in [-0.1, -0.05) is 13.0 Å². The molecular formula is C14H18N2OS. The van der Waals surface area contributed by atoms with Crippen LogP contribution in [0.15, 0.2) is 29.8 Å². The van der Waals surface area contributed by atoms with E-state index in [4.69, 9.17) is 10.5 Å². The largest absolute Gasteiger partial charge is 0.496 e. The smallest absolute Gasteiger partial charge is 0.134 e. The molecule has 0 saturated heterocycles. The van der Waals surface area contributed by atoms with Crippen LogP contribution in [0.3, 0.4) is 0 Å². The summed E-state index contributed by atoms with van der Waals surface area (Å²) in [5, 5.41) is 2.00. The van der Waals surface area contributed by atoms with Gasteiger partial charge in [-0.25, -0.2) is 0 Å². The fraction of sp³-hybridized carbons (Fsp3) is 0.357. The quantitative estimate of drug-likeness (QED) is 0.901. The molecule has 3 nitrogen and oxygen atoms in total. The predicted molar refractivity (Wildman–Crippen MR) is 75.1 cm³/mol. The average molecular weight is 262 g/mol. The molecule has 2 N–H and O–H groups in total. The van der Waals surface area contributed by atoms with Crippen molar-refractivity contribution in [2.24, 2.45) is 5.73 Å². The minimum absolute atomic E-state index is 0.0556. The Balaban J connectivity index is 2.08. The highest BCUT2D eigenvalue weighted by atomic mass is 32.1. The summed E-state index contributed by atoms with van der Waals surface area (Å²) in [5.74, 6) is 0.873. The summed E-state index contributed by atoms with van der Waals surface area (Å²) in [6, 6.07) is 6.06. The van der Waals surface area contributed by atoms with Crippen LogP contribution in [0.5, 0.6) is 5.75 Å². The van der Waals surface area contributed by atoms with Crippen LogP contribution in [0, 0.1) is 0 Å². The van der Waals surface area contributed by atoms with Gasteiger partial charge in [0.2, 0.25) is 0 Å². The maximum absolute atomic E-state index is 6.21. The Hall–Kier alpha value is -1.39. The fourth-order valence-electron chi connectivity index (χ4n) is 1.85. The number of methoxy groups -OCH3 is 1. The van der Waals surface area contributed by atoms with E-state index in [-0.39, 0.29) is 6.04 Å². The van der Waals surface area contributed by atoms with Crippen molar-refractivity contribution in [3.05, 3.63) is 45.9 Å². The Kier molecular flexibility index (Phi) is 4.33. The first-order valence-corrected chi connectivity index (χ1v) is 6.93. The van der Waals surface area contributed by atoms with E-state index in [1.165, 1.54) is 5.56 Å². The van der Waals surface area contributed by atoms with E-state index in [1.807, 2.05) is 17.6 Å². The normalized spacial score (nSPS) is 12.4. The number of rotatable bonds is 5. The van der Waals surface area contributed by atoms with E-state index >= 15 is 0 Å². The summed E-state index contributed by atoms with van der Waals surface area (Å²) < 4.78 is 5.29. The third-order valence-electron chi connectivity index (χ3n) is 2.94. The number of ether oxygens (including phenoxy) is 1. The van der Waals surface area contributed by atoms with Crippen molar-refractivity contribution in [2.75, 3.05) is 7.11 Å². The van der Waals surface area contributed by atoms with Crippen molar-refractivity contribution >= 4 is 11.3 Å². The molecule has 2 aromatic rings. The van der Waals surface area contributed by atoms with E-state index in [9.17, 15) is 0 Å². The minimum atomic E-state index is -0.0556. The number of aromatic nitrogens is 1. The van der Waals surface area contributed by atoms with Crippen LogP contribution in [0.4, 0.5) is 0 Å². The molecule has 1 unspecified atom stereocenters. The maximum Gasteiger partial charge on any atom is 0.134 e. The second-order valence-corrected chi connectivity index (χ2v) is 5.12. The van der Waals surface area contributed by atoms with Crippen molar-refractivity contribution in [3.8, 4) is 5.75 Å². The molecule has 0 aromatic carbocycles. The summed E-state index contributed by atoms with van der Waals surface area (Å²) in [6.45, 7) is 2.12. The van der Waals surface area contributed by atoms with Gasteiger partial charge in [-0.15, -0.1) is 11.3 Å². The Morgan fingerprint density at radius 1 is 1.39 bits per heavy atom. The van der Waals surface area contributed by atoms with Crippen molar-refractivity contribution in [1.29, 1.82) is 0 Å². The van der Waals surface area contributed by atoms with Gasteiger partial charge in [-0.2, -0.15) is 0 Å². The Morgan fingerprint density at radius 2 is 2.22 bits per heavy atom. The molecule has 2 aromatic heterocycles. The van der Waals surface area contributed by atoms with Gasteiger partial charge >= 0.3 is 0 Å². The van der Waals surface area contributed by atoms with Gasteiger partial charge in [0.05, 0.1) is 12.0 Å². The lowest BCUT2D eigenvalue weighted by molar-refractivity contribution is 0.408. The predicted octanol–water partition coefficient (Wildman–Crippen LogP) is 2.96. The van der Waals surface area contributed by atoms with E-state index in [0.717, 1.165) is 29.2 Å². The molecule has 2 rings (SSSR count). The summed E-state index contributed by atoms with van der Waals surface area (Å²) in [6.07, 6.45) is 3.67. The minimum Gasteiger partial charge on any atom is -0.496 e. The van der Waals surface area contributed by atoms with Gasteiger partial charge in [-0.05, 0) is 29.5 Å². The number of nitrogens with zero attached hydrogens (tertiary/aromatic N) is 1. The second-order valence-electron chi connectivity index (χ2n) is 4.18. The molecule has 0 radical (unpaired) electrons. The topological polar surface area (TPSA) is 48.1 Å². The van der Waals surface area contributed by atoms with Crippen LogP contribution in [0.2, 0.25) is 0 Å². The van der Waals surface area contributed by atoms with Crippen molar-refractivity contribution in [3.63, 3.8) is 0 Å². The zero-order chi connectivity index (χ0) is 13.0. The molecule has 0 aliphatic rings. The standard InChI is InChI=1S/C14H18N2OS/c1-3-10-4-5-11(16-9-10)8-12(15)14-13(17-2)6-7-18-14/h4-7,9,12H,3,8,15H2,1-2H3. The first-order chi connectivity index (χ1) is 8.74. The SMILES string of the molecule is CCc1ccc(CC(N)c2sccc2OC)nc1. The van der Waals surface area contributed by atoms with E-state index in [0.29, 0.717) is 0 Å². The highest BCUT2D eigenvalue weighted by Gasteiger charge is 2.14. The molecule has 4 heteroatoms. The zero-order valence-electron chi connectivity index (χ0n) is 10.7. The molecule has 18 heavy (non-hydrogen) atoms. The number of nitrogens with two attached hydrogens (primary N) is 1. The van der Waals surface area contributed by atoms with Crippen molar-refractivity contribution < 1.29 is 4.74 Å². The maximum atomic E-state index is 6.21. The van der Waals surface area contributed by atoms with Gasteiger partial charge in [0, 0.05) is 24.4 Å². The number of hydrogen-bond donors (Lipinski definition) is 1.